The fourth-order valence-electron chi connectivity index (χ4n) is 3.02. The number of benzene rings is 1. The Labute approximate surface area is 165 Å². The van der Waals surface area contributed by atoms with Gasteiger partial charge >= 0.3 is 0 Å². The van der Waals surface area contributed by atoms with Gasteiger partial charge in [0, 0.05) is 25.5 Å². The number of amides is 1. The fourth-order valence-corrected chi connectivity index (χ4v) is 4.03. The van der Waals surface area contributed by atoms with Crippen LogP contribution in [0.15, 0.2) is 42.7 Å². The molecule has 1 aromatic carbocycles. The molecule has 0 saturated carbocycles. The van der Waals surface area contributed by atoms with Crippen LogP contribution in [0, 0.1) is 12.7 Å². The molecule has 0 saturated heterocycles. The minimum atomic E-state index is -0.322. The van der Waals surface area contributed by atoms with Gasteiger partial charge in [-0.3, -0.25) is 19.1 Å². The average molecular weight is 398 g/mol. The van der Waals surface area contributed by atoms with Gasteiger partial charge in [-0.05, 0) is 44.2 Å². The molecule has 4 rings (SSSR count). The second kappa shape index (κ2) is 7.51. The second-order valence-corrected chi connectivity index (χ2v) is 7.33. The van der Waals surface area contributed by atoms with Gasteiger partial charge in [0.15, 0.2) is 5.13 Å². The van der Waals surface area contributed by atoms with E-state index in [-0.39, 0.29) is 11.7 Å². The Morgan fingerprint density at radius 3 is 2.93 bits per heavy atom. The molecule has 7 nitrogen and oxygen atoms in total. The van der Waals surface area contributed by atoms with Gasteiger partial charge in [0.05, 0.1) is 22.5 Å². The van der Waals surface area contributed by atoms with Crippen molar-refractivity contribution in [3.8, 4) is 0 Å². The number of hydrogen-bond donors (Lipinski definition) is 0. The number of rotatable bonds is 6. The van der Waals surface area contributed by atoms with Crippen LogP contribution in [0.3, 0.4) is 0 Å². The molecule has 144 valence electrons. The summed E-state index contributed by atoms with van der Waals surface area (Å²) in [5.41, 5.74) is 1.95. The van der Waals surface area contributed by atoms with E-state index in [0.717, 1.165) is 5.69 Å². The lowest BCUT2D eigenvalue weighted by atomic mass is 10.3. The highest BCUT2D eigenvalue weighted by atomic mass is 32.1. The second-order valence-electron chi connectivity index (χ2n) is 6.32. The highest BCUT2D eigenvalue weighted by Crippen LogP contribution is 2.30. The predicted molar refractivity (Wildman–Crippen MR) is 106 cm³/mol. The molecule has 1 amide bonds. The Morgan fingerprint density at radius 1 is 1.32 bits per heavy atom. The normalized spacial score (nSPS) is 11.2. The zero-order chi connectivity index (χ0) is 19.7. The number of carbonyl (C=O) groups is 1. The highest BCUT2D eigenvalue weighted by molar-refractivity contribution is 7.22. The molecular formula is C19H19FN6OS. The third kappa shape index (κ3) is 3.53. The van der Waals surface area contributed by atoms with Gasteiger partial charge in [-0.15, -0.1) is 0 Å². The van der Waals surface area contributed by atoms with Crippen LogP contribution in [0.1, 0.15) is 23.1 Å². The molecule has 0 N–H and O–H groups in total. The Kier molecular flexibility index (Phi) is 4.91. The van der Waals surface area contributed by atoms with E-state index in [9.17, 15) is 9.18 Å². The first-order valence-electron chi connectivity index (χ1n) is 8.95. The van der Waals surface area contributed by atoms with Crippen LogP contribution in [0.2, 0.25) is 0 Å². The van der Waals surface area contributed by atoms with Gasteiger partial charge < -0.3 is 0 Å². The average Bonchev–Trinajstić information content (AvgIpc) is 3.40. The minimum Gasteiger partial charge on any atom is -0.281 e. The molecule has 0 fully saturated rings. The first-order chi connectivity index (χ1) is 13.5. The lowest BCUT2D eigenvalue weighted by molar-refractivity contribution is 0.0975. The van der Waals surface area contributed by atoms with Crippen molar-refractivity contribution < 1.29 is 9.18 Å². The number of thiazole rings is 1. The molecule has 0 aliphatic rings. The Morgan fingerprint density at radius 2 is 2.18 bits per heavy atom. The van der Waals surface area contributed by atoms with Gasteiger partial charge in [-0.2, -0.15) is 10.2 Å². The quantitative estimate of drug-likeness (QED) is 0.498. The number of halogens is 1. The molecule has 4 aromatic rings. The molecule has 0 aliphatic carbocycles. The van der Waals surface area contributed by atoms with E-state index in [1.54, 1.807) is 32.6 Å². The number of fused-ring (bicyclic) bond motifs is 1. The predicted octanol–water partition coefficient (Wildman–Crippen LogP) is 3.50. The Hall–Kier alpha value is -3.07. The standard InChI is InChI=1S/C19H19FN6OS/c1-3-26-16(11-13(2)23-26)18(27)25(10-9-24-8-4-7-21-24)19-22-15-6-5-14(20)12-17(15)28-19/h4-8,11-12H,3,9-10H2,1-2H3. The van der Waals surface area contributed by atoms with Crippen LogP contribution in [0.25, 0.3) is 10.2 Å². The third-order valence-electron chi connectivity index (χ3n) is 4.35. The van der Waals surface area contributed by atoms with Crippen LogP contribution < -0.4 is 4.90 Å². The molecule has 0 aliphatic heterocycles. The van der Waals surface area contributed by atoms with Gasteiger partial charge in [0.2, 0.25) is 0 Å². The van der Waals surface area contributed by atoms with Crippen LogP contribution in [0.4, 0.5) is 9.52 Å². The molecule has 0 atom stereocenters. The summed E-state index contributed by atoms with van der Waals surface area (Å²) in [5.74, 6) is -0.508. The maximum absolute atomic E-state index is 13.6. The van der Waals surface area contributed by atoms with Crippen molar-refractivity contribution in [3.63, 3.8) is 0 Å². The van der Waals surface area contributed by atoms with Gasteiger partial charge in [0.1, 0.15) is 11.5 Å². The highest BCUT2D eigenvalue weighted by Gasteiger charge is 2.24. The van der Waals surface area contributed by atoms with Gasteiger partial charge in [-0.1, -0.05) is 11.3 Å². The number of aryl methyl sites for hydroxylation is 2. The van der Waals surface area contributed by atoms with Gasteiger partial charge in [-0.25, -0.2) is 9.37 Å². The van der Waals surface area contributed by atoms with E-state index in [4.69, 9.17) is 0 Å². The number of anilines is 1. The summed E-state index contributed by atoms with van der Waals surface area (Å²) in [6.07, 6.45) is 3.54. The first-order valence-corrected chi connectivity index (χ1v) is 9.76. The zero-order valence-electron chi connectivity index (χ0n) is 15.5. The summed E-state index contributed by atoms with van der Waals surface area (Å²) in [7, 11) is 0. The molecule has 3 aromatic heterocycles. The summed E-state index contributed by atoms with van der Waals surface area (Å²) in [5, 5.41) is 9.10. The van der Waals surface area contributed by atoms with Crippen molar-refractivity contribution in [1.82, 2.24) is 24.5 Å². The molecule has 0 unspecified atom stereocenters. The maximum atomic E-state index is 13.6. The van der Waals surface area contributed by atoms with Crippen molar-refractivity contribution in [2.45, 2.75) is 26.9 Å². The number of aromatic nitrogens is 5. The van der Waals surface area contributed by atoms with Crippen molar-refractivity contribution >= 4 is 32.6 Å². The molecule has 0 bridgehead atoms. The molecule has 28 heavy (non-hydrogen) atoms. The molecular weight excluding hydrogens is 379 g/mol. The largest absolute Gasteiger partial charge is 0.281 e. The monoisotopic (exact) mass is 398 g/mol. The summed E-state index contributed by atoms with van der Waals surface area (Å²) >= 11 is 1.29. The number of carbonyl (C=O) groups excluding carboxylic acids is 1. The van der Waals surface area contributed by atoms with Crippen molar-refractivity contribution in [2.75, 3.05) is 11.4 Å². The lowest BCUT2D eigenvalue weighted by Gasteiger charge is -2.20. The van der Waals surface area contributed by atoms with E-state index in [1.165, 1.54) is 23.5 Å². The summed E-state index contributed by atoms with van der Waals surface area (Å²) in [6.45, 7) is 5.29. The summed E-state index contributed by atoms with van der Waals surface area (Å²) in [6, 6.07) is 8.05. The zero-order valence-corrected chi connectivity index (χ0v) is 16.4. The molecule has 0 spiro atoms. The van der Waals surface area contributed by atoms with Crippen LogP contribution >= 0.6 is 11.3 Å². The van der Waals surface area contributed by atoms with Crippen LogP contribution in [-0.4, -0.2) is 37.0 Å². The van der Waals surface area contributed by atoms with E-state index >= 15 is 0 Å². The number of nitrogens with zero attached hydrogens (tertiary/aromatic N) is 6. The topological polar surface area (TPSA) is 68.8 Å². The van der Waals surface area contributed by atoms with Crippen molar-refractivity contribution in [2.24, 2.45) is 0 Å². The van der Waals surface area contributed by atoms with Gasteiger partial charge in [0.25, 0.3) is 5.91 Å². The summed E-state index contributed by atoms with van der Waals surface area (Å²) in [4.78, 5) is 19.5. The third-order valence-corrected chi connectivity index (χ3v) is 5.39. The van der Waals surface area contributed by atoms with E-state index in [2.05, 4.69) is 15.2 Å². The Balaban J connectivity index is 1.72. The van der Waals surface area contributed by atoms with E-state index in [0.29, 0.717) is 40.7 Å². The van der Waals surface area contributed by atoms with Crippen LogP contribution in [0.5, 0.6) is 0 Å². The molecule has 9 heteroatoms. The maximum Gasteiger partial charge on any atom is 0.278 e. The first kappa shape index (κ1) is 18.3. The van der Waals surface area contributed by atoms with Crippen molar-refractivity contribution in [1.29, 1.82) is 0 Å². The smallest absolute Gasteiger partial charge is 0.278 e. The number of hydrogen-bond acceptors (Lipinski definition) is 5. The summed E-state index contributed by atoms with van der Waals surface area (Å²) < 4.78 is 17.7. The lowest BCUT2D eigenvalue weighted by Crippen LogP contribution is -2.35. The molecule has 3 heterocycles. The van der Waals surface area contributed by atoms with Crippen LogP contribution in [-0.2, 0) is 13.1 Å². The molecule has 0 radical (unpaired) electrons. The fraction of sp³-hybridized carbons (Fsp3) is 0.263. The SMILES string of the molecule is CCn1nc(C)cc1C(=O)N(CCn1cccn1)c1nc2ccc(F)cc2s1. The van der Waals surface area contributed by atoms with E-state index < -0.39 is 0 Å². The van der Waals surface area contributed by atoms with E-state index in [1.807, 2.05) is 26.1 Å². The minimum absolute atomic E-state index is 0.186. The van der Waals surface area contributed by atoms with Crippen molar-refractivity contribution in [3.05, 3.63) is 59.9 Å². The Bertz CT molecular complexity index is 1120.